The molecule has 152 valence electrons. The number of hydrogen-bond donors (Lipinski definition) is 2. The number of nitrogens with zero attached hydrogens (tertiary/aromatic N) is 2. The van der Waals surface area contributed by atoms with E-state index in [1.807, 2.05) is 6.92 Å². The molecule has 1 atom stereocenters. The minimum Gasteiger partial charge on any atom is -0.388 e. The summed E-state index contributed by atoms with van der Waals surface area (Å²) in [5.74, 6) is 0.699. The van der Waals surface area contributed by atoms with Crippen LogP contribution in [0.1, 0.15) is 57.8 Å². The first-order valence-electron chi connectivity index (χ1n) is 10.0. The highest BCUT2D eigenvalue weighted by Gasteiger charge is 2.32. The highest BCUT2D eigenvalue weighted by molar-refractivity contribution is 5.75. The number of nitrogens with one attached hydrogen (secondary N) is 1. The molecule has 1 aromatic carbocycles. The first-order valence-corrected chi connectivity index (χ1v) is 10.0. The molecule has 2 aromatic rings. The smallest absolute Gasteiger partial charge is 0.226 e. The highest BCUT2D eigenvalue weighted by atomic mass is 19.1. The van der Waals surface area contributed by atoms with E-state index in [2.05, 4.69) is 15.5 Å². The maximum atomic E-state index is 13.0. The molecule has 2 N–H and O–H groups in total. The van der Waals surface area contributed by atoms with Crippen LogP contribution in [-0.4, -0.2) is 33.3 Å². The normalized spacial score (nSPS) is 17.2. The molecule has 6 nitrogen and oxygen atoms in total. The van der Waals surface area contributed by atoms with Crippen LogP contribution in [0.4, 0.5) is 4.39 Å². The van der Waals surface area contributed by atoms with Gasteiger partial charge >= 0.3 is 0 Å². The highest BCUT2D eigenvalue weighted by Crippen LogP contribution is 2.32. The molecule has 1 amide bonds. The van der Waals surface area contributed by atoms with Gasteiger partial charge in [-0.05, 0) is 56.4 Å². The lowest BCUT2D eigenvalue weighted by molar-refractivity contribution is -0.123. The van der Waals surface area contributed by atoms with Crippen LogP contribution in [-0.2, 0) is 11.2 Å². The zero-order valence-corrected chi connectivity index (χ0v) is 16.3. The molecule has 0 spiro atoms. The number of amides is 1. The number of hydrogen-bond acceptors (Lipinski definition) is 5. The van der Waals surface area contributed by atoms with Crippen LogP contribution < -0.4 is 5.32 Å². The van der Waals surface area contributed by atoms with Crippen LogP contribution >= 0.6 is 0 Å². The van der Waals surface area contributed by atoms with Crippen LogP contribution in [0.3, 0.4) is 0 Å². The van der Waals surface area contributed by atoms with E-state index in [1.54, 1.807) is 12.1 Å². The van der Waals surface area contributed by atoms with Crippen molar-refractivity contribution in [2.75, 3.05) is 6.54 Å². The Morgan fingerprint density at radius 2 is 2.00 bits per heavy atom. The lowest BCUT2D eigenvalue weighted by Gasteiger charge is -2.35. The van der Waals surface area contributed by atoms with Crippen molar-refractivity contribution in [1.29, 1.82) is 0 Å². The molecule has 0 unspecified atom stereocenters. The SMILES string of the molecule is C[C@](O)(CNC(=O)CCCc1nc(-c2ccc(F)cc2)no1)C1CCCCC1. The number of rotatable bonds is 8. The molecule has 1 heterocycles. The van der Waals surface area contributed by atoms with Crippen molar-refractivity contribution in [1.82, 2.24) is 15.5 Å². The van der Waals surface area contributed by atoms with Crippen molar-refractivity contribution in [3.05, 3.63) is 36.0 Å². The maximum Gasteiger partial charge on any atom is 0.226 e. The fourth-order valence-corrected chi connectivity index (χ4v) is 3.71. The van der Waals surface area contributed by atoms with Gasteiger partial charge in [0.25, 0.3) is 0 Å². The van der Waals surface area contributed by atoms with Gasteiger partial charge in [-0.1, -0.05) is 24.4 Å². The number of carbonyl (C=O) groups excluding carboxylic acids is 1. The van der Waals surface area contributed by atoms with Gasteiger partial charge in [-0.2, -0.15) is 4.98 Å². The van der Waals surface area contributed by atoms with Gasteiger partial charge in [0.05, 0.1) is 5.60 Å². The summed E-state index contributed by atoms with van der Waals surface area (Å²) >= 11 is 0. The molecule has 1 saturated carbocycles. The molecule has 1 fully saturated rings. The van der Waals surface area contributed by atoms with Crippen molar-refractivity contribution in [2.45, 2.75) is 63.9 Å². The number of carbonyl (C=O) groups is 1. The van der Waals surface area contributed by atoms with Gasteiger partial charge in [0.1, 0.15) is 5.82 Å². The Bertz CT molecular complexity index is 767. The Balaban J connectivity index is 1.40. The zero-order chi connectivity index (χ0) is 20.0. The molecule has 7 heteroatoms. The number of halogens is 1. The topological polar surface area (TPSA) is 88.2 Å². The van der Waals surface area contributed by atoms with E-state index in [-0.39, 0.29) is 24.2 Å². The third-order valence-electron chi connectivity index (χ3n) is 5.49. The summed E-state index contributed by atoms with van der Waals surface area (Å²) in [5.41, 5.74) is -0.175. The summed E-state index contributed by atoms with van der Waals surface area (Å²) in [6.45, 7) is 2.10. The average molecular weight is 389 g/mol. The van der Waals surface area contributed by atoms with E-state index in [4.69, 9.17) is 4.52 Å². The van der Waals surface area contributed by atoms with Crippen molar-refractivity contribution in [3.8, 4) is 11.4 Å². The van der Waals surface area contributed by atoms with Gasteiger partial charge in [0.15, 0.2) is 0 Å². The molecule has 1 aliphatic carbocycles. The summed E-state index contributed by atoms with van der Waals surface area (Å²) in [5, 5.41) is 17.4. The van der Waals surface area contributed by atoms with Gasteiger partial charge < -0.3 is 14.9 Å². The zero-order valence-electron chi connectivity index (χ0n) is 16.3. The van der Waals surface area contributed by atoms with Crippen molar-refractivity contribution >= 4 is 5.91 Å². The second-order valence-electron chi connectivity index (χ2n) is 7.84. The summed E-state index contributed by atoms with van der Waals surface area (Å²) in [6.07, 6.45) is 6.97. The summed E-state index contributed by atoms with van der Waals surface area (Å²) < 4.78 is 18.2. The van der Waals surface area contributed by atoms with E-state index in [0.29, 0.717) is 36.5 Å². The first kappa shape index (κ1) is 20.5. The van der Waals surface area contributed by atoms with Gasteiger partial charge in [-0.15, -0.1) is 0 Å². The third-order valence-corrected chi connectivity index (χ3v) is 5.49. The number of aliphatic hydroxyl groups is 1. The van der Waals surface area contributed by atoms with Crippen molar-refractivity contribution < 1.29 is 18.8 Å². The fourth-order valence-electron chi connectivity index (χ4n) is 3.71. The molecular formula is C21H28FN3O3. The number of benzene rings is 1. The summed E-state index contributed by atoms with van der Waals surface area (Å²) in [7, 11) is 0. The molecule has 0 radical (unpaired) electrons. The molecule has 0 bridgehead atoms. The Hall–Kier alpha value is -2.28. The van der Waals surface area contributed by atoms with Crippen LogP contribution in [0, 0.1) is 11.7 Å². The lowest BCUT2D eigenvalue weighted by Crippen LogP contribution is -2.46. The molecule has 3 rings (SSSR count). The standard InChI is InChI=1S/C21H28FN3O3/c1-21(27,16-6-3-2-4-7-16)14-23-18(26)8-5-9-19-24-20(25-28-19)15-10-12-17(22)13-11-15/h10-13,16,27H,2-9,14H2,1H3,(H,23,26)/t21-/m0/s1. The Morgan fingerprint density at radius 3 is 2.71 bits per heavy atom. The van der Waals surface area contributed by atoms with Crippen molar-refractivity contribution in [2.24, 2.45) is 5.92 Å². The van der Waals surface area contributed by atoms with Crippen LogP contribution in [0.2, 0.25) is 0 Å². The predicted molar refractivity (Wildman–Crippen MR) is 103 cm³/mol. The summed E-state index contributed by atoms with van der Waals surface area (Å²) in [6, 6.07) is 5.88. The van der Waals surface area contributed by atoms with E-state index in [0.717, 1.165) is 25.7 Å². The third kappa shape index (κ3) is 5.61. The van der Waals surface area contributed by atoms with Crippen LogP contribution in [0.15, 0.2) is 28.8 Å². The van der Waals surface area contributed by atoms with E-state index >= 15 is 0 Å². The largest absolute Gasteiger partial charge is 0.388 e. The fraction of sp³-hybridized carbons (Fsp3) is 0.571. The Kier molecular flexibility index (Phi) is 6.78. The second-order valence-corrected chi connectivity index (χ2v) is 7.84. The molecular weight excluding hydrogens is 361 g/mol. The van der Waals surface area contributed by atoms with Gasteiger partial charge in [0.2, 0.25) is 17.6 Å². The maximum absolute atomic E-state index is 13.0. The number of aromatic nitrogens is 2. The van der Waals surface area contributed by atoms with E-state index in [9.17, 15) is 14.3 Å². The second kappa shape index (κ2) is 9.28. The van der Waals surface area contributed by atoms with Crippen molar-refractivity contribution in [3.63, 3.8) is 0 Å². The van der Waals surface area contributed by atoms with Crippen LogP contribution in [0.5, 0.6) is 0 Å². The van der Waals surface area contributed by atoms with Crippen LogP contribution in [0.25, 0.3) is 11.4 Å². The predicted octanol–water partition coefficient (Wildman–Crippen LogP) is 3.65. The molecule has 0 aliphatic heterocycles. The Labute approximate surface area is 164 Å². The molecule has 1 aromatic heterocycles. The molecule has 0 saturated heterocycles. The van der Waals surface area contributed by atoms with E-state index < -0.39 is 5.60 Å². The van der Waals surface area contributed by atoms with E-state index in [1.165, 1.54) is 18.6 Å². The quantitative estimate of drug-likeness (QED) is 0.720. The first-order chi connectivity index (χ1) is 13.4. The minimum atomic E-state index is -0.855. The Morgan fingerprint density at radius 1 is 1.29 bits per heavy atom. The summed E-state index contributed by atoms with van der Waals surface area (Å²) in [4.78, 5) is 16.4. The lowest BCUT2D eigenvalue weighted by atomic mass is 9.78. The minimum absolute atomic E-state index is 0.0886. The molecule has 1 aliphatic rings. The monoisotopic (exact) mass is 389 g/mol. The van der Waals surface area contributed by atoms with Gasteiger partial charge in [-0.25, -0.2) is 4.39 Å². The van der Waals surface area contributed by atoms with Gasteiger partial charge in [0, 0.05) is 24.9 Å². The number of aryl methyl sites for hydroxylation is 1. The van der Waals surface area contributed by atoms with Gasteiger partial charge in [-0.3, -0.25) is 4.79 Å². The average Bonchev–Trinajstić information content (AvgIpc) is 3.17. The molecule has 28 heavy (non-hydrogen) atoms.